The Morgan fingerprint density at radius 3 is 2.44 bits per heavy atom. The number of benzene rings is 1. The zero-order valence-corrected chi connectivity index (χ0v) is 10.5. The van der Waals surface area contributed by atoms with Crippen LogP contribution in [0.5, 0.6) is 0 Å². The van der Waals surface area contributed by atoms with E-state index >= 15 is 0 Å². The number of nitrogens with one attached hydrogen (secondary N) is 1. The number of aliphatic hydroxyl groups excluding tert-OH is 2. The lowest BCUT2D eigenvalue weighted by Gasteiger charge is -2.18. The molecule has 0 aliphatic heterocycles. The van der Waals surface area contributed by atoms with Crippen LogP contribution >= 0.6 is 0 Å². The van der Waals surface area contributed by atoms with Crippen LogP contribution in [0.3, 0.4) is 0 Å². The van der Waals surface area contributed by atoms with Crippen molar-refractivity contribution in [3.05, 3.63) is 35.4 Å². The molecule has 0 aliphatic rings. The third-order valence-electron chi connectivity index (χ3n) is 2.68. The first-order valence-corrected chi connectivity index (χ1v) is 5.94. The third kappa shape index (κ3) is 4.44. The fourth-order valence-electron chi connectivity index (χ4n) is 1.63. The topological polar surface area (TPSA) is 95.6 Å². The predicted molar refractivity (Wildman–Crippen MR) is 68.9 cm³/mol. The Morgan fingerprint density at radius 2 is 1.94 bits per heavy atom. The SMILES string of the molecule is CC(=O)NCC(O)C(O)c1ccc(CCN)cc1. The van der Waals surface area contributed by atoms with Gasteiger partial charge in [-0.15, -0.1) is 0 Å². The molecule has 1 aromatic rings. The average Bonchev–Trinajstić information content (AvgIpc) is 2.36. The maximum absolute atomic E-state index is 10.7. The van der Waals surface area contributed by atoms with Crippen LogP contribution in [-0.2, 0) is 11.2 Å². The normalized spacial score (nSPS) is 14.0. The monoisotopic (exact) mass is 252 g/mol. The van der Waals surface area contributed by atoms with Gasteiger partial charge < -0.3 is 21.3 Å². The molecular formula is C13H20N2O3. The molecule has 0 heterocycles. The van der Waals surface area contributed by atoms with E-state index in [1.807, 2.05) is 12.1 Å². The Kier molecular flexibility index (Phi) is 5.77. The molecule has 0 aromatic heterocycles. The van der Waals surface area contributed by atoms with Crippen LogP contribution in [0.25, 0.3) is 0 Å². The van der Waals surface area contributed by atoms with E-state index in [9.17, 15) is 15.0 Å². The van der Waals surface area contributed by atoms with E-state index < -0.39 is 12.2 Å². The van der Waals surface area contributed by atoms with Gasteiger partial charge in [-0.3, -0.25) is 4.79 Å². The molecular weight excluding hydrogens is 232 g/mol. The molecule has 2 atom stereocenters. The van der Waals surface area contributed by atoms with Crippen molar-refractivity contribution in [1.29, 1.82) is 0 Å². The summed E-state index contributed by atoms with van der Waals surface area (Å²) in [6.07, 6.45) is -1.25. The molecule has 0 saturated carbocycles. The van der Waals surface area contributed by atoms with Gasteiger partial charge in [0.1, 0.15) is 12.2 Å². The summed E-state index contributed by atoms with van der Waals surface area (Å²) in [5.41, 5.74) is 7.15. The summed E-state index contributed by atoms with van der Waals surface area (Å²) < 4.78 is 0. The van der Waals surface area contributed by atoms with Gasteiger partial charge in [0.25, 0.3) is 0 Å². The molecule has 5 heteroatoms. The van der Waals surface area contributed by atoms with E-state index in [2.05, 4.69) is 5.32 Å². The van der Waals surface area contributed by atoms with Gasteiger partial charge in [-0.2, -0.15) is 0 Å². The second-order valence-electron chi connectivity index (χ2n) is 4.23. The minimum absolute atomic E-state index is 0.0288. The number of amides is 1. The van der Waals surface area contributed by atoms with Crippen molar-refractivity contribution in [3.63, 3.8) is 0 Å². The van der Waals surface area contributed by atoms with E-state index in [0.29, 0.717) is 12.1 Å². The number of aliphatic hydroxyl groups is 2. The van der Waals surface area contributed by atoms with E-state index in [1.54, 1.807) is 12.1 Å². The predicted octanol–water partition coefficient (Wildman–Crippen LogP) is -0.282. The van der Waals surface area contributed by atoms with Crippen LogP contribution in [0.15, 0.2) is 24.3 Å². The zero-order valence-electron chi connectivity index (χ0n) is 10.5. The Hall–Kier alpha value is -1.43. The molecule has 5 N–H and O–H groups in total. The summed E-state index contributed by atoms with van der Waals surface area (Å²) in [5, 5.41) is 22.1. The van der Waals surface area contributed by atoms with Crippen molar-refractivity contribution in [3.8, 4) is 0 Å². The Bertz CT molecular complexity index is 378. The quantitative estimate of drug-likeness (QED) is 0.560. The largest absolute Gasteiger partial charge is 0.388 e. The lowest BCUT2D eigenvalue weighted by atomic mass is 10.0. The molecule has 2 unspecified atom stereocenters. The van der Waals surface area contributed by atoms with Crippen LogP contribution in [0, 0.1) is 0 Å². The van der Waals surface area contributed by atoms with Gasteiger partial charge in [-0.1, -0.05) is 24.3 Å². The highest BCUT2D eigenvalue weighted by Gasteiger charge is 2.18. The molecule has 100 valence electrons. The summed E-state index contributed by atoms with van der Waals surface area (Å²) in [6, 6.07) is 7.26. The molecule has 18 heavy (non-hydrogen) atoms. The molecule has 0 radical (unpaired) electrons. The van der Waals surface area contributed by atoms with Crippen LogP contribution in [0.1, 0.15) is 24.2 Å². The Labute approximate surface area is 107 Å². The fourth-order valence-corrected chi connectivity index (χ4v) is 1.63. The first-order chi connectivity index (χ1) is 8.54. The van der Waals surface area contributed by atoms with Gasteiger partial charge in [0.05, 0.1) is 0 Å². The smallest absolute Gasteiger partial charge is 0.216 e. The van der Waals surface area contributed by atoms with Gasteiger partial charge in [0.2, 0.25) is 5.91 Å². The van der Waals surface area contributed by atoms with E-state index in [1.165, 1.54) is 6.92 Å². The Balaban J connectivity index is 2.59. The van der Waals surface area contributed by atoms with Crippen molar-refractivity contribution in [1.82, 2.24) is 5.32 Å². The van der Waals surface area contributed by atoms with Crippen molar-refractivity contribution < 1.29 is 15.0 Å². The summed E-state index contributed by atoms with van der Waals surface area (Å²) in [4.78, 5) is 10.7. The molecule has 0 spiro atoms. The Morgan fingerprint density at radius 1 is 1.33 bits per heavy atom. The van der Waals surface area contributed by atoms with Crippen LogP contribution in [0.2, 0.25) is 0 Å². The van der Waals surface area contributed by atoms with Crippen LogP contribution < -0.4 is 11.1 Å². The van der Waals surface area contributed by atoms with E-state index in [-0.39, 0.29) is 12.5 Å². The first-order valence-electron chi connectivity index (χ1n) is 5.94. The maximum atomic E-state index is 10.7. The summed E-state index contributed by atoms with van der Waals surface area (Å²) in [6.45, 7) is 1.97. The van der Waals surface area contributed by atoms with Crippen LogP contribution in [-0.4, -0.2) is 35.3 Å². The van der Waals surface area contributed by atoms with Gasteiger partial charge in [-0.05, 0) is 24.1 Å². The third-order valence-corrected chi connectivity index (χ3v) is 2.68. The molecule has 0 fully saturated rings. The number of hydrogen-bond acceptors (Lipinski definition) is 4. The minimum Gasteiger partial charge on any atom is -0.388 e. The van der Waals surface area contributed by atoms with Gasteiger partial charge in [-0.25, -0.2) is 0 Å². The molecule has 1 rings (SSSR count). The van der Waals surface area contributed by atoms with Crippen molar-refractivity contribution >= 4 is 5.91 Å². The van der Waals surface area contributed by atoms with Crippen molar-refractivity contribution in [2.24, 2.45) is 5.73 Å². The standard InChI is InChI=1S/C13H20N2O3/c1-9(16)15-8-12(17)13(18)11-4-2-10(3-5-11)6-7-14/h2-5,12-13,17-18H,6-8,14H2,1H3,(H,15,16). The number of hydrogen-bond donors (Lipinski definition) is 4. The second-order valence-corrected chi connectivity index (χ2v) is 4.23. The lowest BCUT2D eigenvalue weighted by Crippen LogP contribution is -2.34. The maximum Gasteiger partial charge on any atom is 0.216 e. The molecule has 0 bridgehead atoms. The first kappa shape index (κ1) is 14.6. The van der Waals surface area contributed by atoms with Gasteiger partial charge in [0, 0.05) is 13.5 Å². The van der Waals surface area contributed by atoms with Crippen molar-refractivity contribution in [2.75, 3.05) is 13.1 Å². The number of carbonyl (C=O) groups is 1. The summed E-state index contributed by atoms with van der Waals surface area (Å²) in [5.74, 6) is -0.237. The van der Waals surface area contributed by atoms with E-state index in [4.69, 9.17) is 5.73 Å². The highest BCUT2D eigenvalue weighted by molar-refractivity contribution is 5.72. The summed E-state index contributed by atoms with van der Waals surface area (Å²) >= 11 is 0. The molecule has 5 nitrogen and oxygen atoms in total. The van der Waals surface area contributed by atoms with Crippen molar-refractivity contribution in [2.45, 2.75) is 25.6 Å². The zero-order chi connectivity index (χ0) is 13.5. The number of rotatable bonds is 6. The highest BCUT2D eigenvalue weighted by atomic mass is 16.3. The van der Waals surface area contributed by atoms with E-state index in [0.717, 1.165) is 12.0 Å². The van der Waals surface area contributed by atoms with Gasteiger partial charge >= 0.3 is 0 Å². The lowest BCUT2D eigenvalue weighted by molar-refractivity contribution is -0.119. The molecule has 0 aliphatic carbocycles. The number of carbonyl (C=O) groups excluding carboxylic acids is 1. The molecule has 1 aromatic carbocycles. The highest BCUT2D eigenvalue weighted by Crippen LogP contribution is 2.17. The fraction of sp³-hybridized carbons (Fsp3) is 0.462. The molecule has 0 saturated heterocycles. The molecule has 1 amide bonds. The summed E-state index contributed by atoms with van der Waals surface area (Å²) in [7, 11) is 0. The minimum atomic E-state index is -1.02. The van der Waals surface area contributed by atoms with Gasteiger partial charge in [0.15, 0.2) is 0 Å². The van der Waals surface area contributed by atoms with Crippen LogP contribution in [0.4, 0.5) is 0 Å². The average molecular weight is 252 g/mol. The second kappa shape index (κ2) is 7.10. The number of nitrogens with two attached hydrogens (primary N) is 1.